The van der Waals surface area contributed by atoms with Gasteiger partial charge in [-0.05, 0) is 24.5 Å². The van der Waals surface area contributed by atoms with E-state index in [4.69, 9.17) is 10.5 Å². The molecular formula is C13H17N3O. The summed E-state index contributed by atoms with van der Waals surface area (Å²) in [5.41, 5.74) is 8.03. The first-order valence-corrected chi connectivity index (χ1v) is 6.13. The van der Waals surface area contributed by atoms with Gasteiger partial charge in [-0.2, -0.15) is 0 Å². The van der Waals surface area contributed by atoms with Gasteiger partial charge in [-0.15, -0.1) is 0 Å². The minimum absolute atomic E-state index is 0.513. The van der Waals surface area contributed by atoms with Crippen LogP contribution in [0.15, 0.2) is 24.5 Å². The summed E-state index contributed by atoms with van der Waals surface area (Å²) in [6, 6.07) is 4.10. The van der Waals surface area contributed by atoms with Crippen LogP contribution in [0.5, 0.6) is 0 Å². The van der Waals surface area contributed by atoms with E-state index in [1.54, 1.807) is 0 Å². The fourth-order valence-corrected chi connectivity index (χ4v) is 2.53. The van der Waals surface area contributed by atoms with E-state index in [0.29, 0.717) is 12.5 Å². The largest absolute Gasteiger partial charge is 0.381 e. The van der Waals surface area contributed by atoms with Gasteiger partial charge in [0.15, 0.2) is 0 Å². The zero-order valence-electron chi connectivity index (χ0n) is 9.80. The Morgan fingerprint density at radius 3 is 3.00 bits per heavy atom. The van der Waals surface area contributed by atoms with Crippen molar-refractivity contribution < 1.29 is 4.74 Å². The molecule has 0 spiro atoms. The Balaban J connectivity index is 2.05. The van der Waals surface area contributed by atoms with Crippen molar-refractivity contribution in [3.05, 3.63) is 35.9 Å². The Morgan fingerprint density at radius 1 is 1.41 bits per heavy atom. The predicted octanol–water partition coefficient (Wildman–Crippen LogP) is 1.69. The smallest absolute Gasteiger partial charge is 0.116 e. The number of aromatic nitrogens is 2. The molecule has 1 saturated heterocycles. The number of imidazole rings is 1. The molecule has 0 unspecified atom stereocenters. The van der Waals surface area contributed by atoms with Crippen LogP contribution in [0.2, 0.25) is 0 Å². The number of rotatable bonds is 2. The fraction of sp³-hybridized carbons (Fsp3) is 0.462. The Morgan fingerprint density at radius 2 is 2.24 bits per heavy atom. The third-order valence-corrected chi connectivity index (χ3v) is 3.49. The van der Waals surface area contributed by atoms with E-state index in [0.717, 1.165) is 43.0 Å². The summed E-state index contributed by atoms with van der Waals surface area (Å²) in [6.45, 7) is 2.25. The van der Waals surface area contributed by atoms with Crippen LogP contribution in [0.1, 0.15) is 30.1 Å². The SMILES string of the molecule is NCc1cccn2c(C3CCOCC3)ncc12. The lowest BCUT2D eigenvalue weighted by Crippen LogP contribution is -2.16. The number of hydrogen-bond acceptors (Lipinski definition) is 3. The van der Waals surface area contributed by atoms with Crippen LogP contribution in [-0.4, -0.2) is 22.6 Å². The molecular weight excluding hydrogens is 214 g/mol. The standard InChI is InChI=1S/C13H17N3O/c14-8-11-2-1-5-16-12(11)9-15-13(16)10-3-6-17-7-4-10/h1-2,5,9-10H,3-4,6-8,14H2. The third-order valence-electron chi connectivity index (χ3n) is 3.49. The zero-order chi connectivity index (χ0) is 11.7. The molecule has 0 amide bonds. The number of fused-ring (bicyclic) bond motifs is 1. The lowest BCUT2D eigenvalue weighted by atomic mass is 9.99. The van der Waals surface area contributed by atoms with E-state index in [9.17, 15) is 0 Å². The fourth-order valence-electron chi connectivity index (χ4n) is 2.53. The number of pyridine rings is 1. The van der Waals surface area contributed by atoms with E-state index in [-0.39, 0.29) is 0 Å². The monoisotopic (exact) mass is 231 g/mol. The van der Waals surface area contributed by atoms with E-state index in [1.165, 1.54) is 0 Å². The van der Waals surface area contributed by atoms with Crippen molar-refractivity contribution in [2.45, 2.75) is 25.3 Å². The summed E-state index contributed by atoms with van der Waals surface area (Å²) in [6.07, 6.45) is 6.14. The molecule has 4 nitrogen and oxygen atoms in total. The summed E-state index contributed by atoms with van der Waals surface area (Å²) < 4.78 is 7.58. The molecule has 0 aromatic carbocycles. The summed E-state index contributed by atoms with van der Waals surface area (Å²) in [4.78, 5) is 4.58. The topological polar surface area (TPSA) is 52.5 Å². The minimum atomic E-state index is 0.513. The summed E-state index contributed by atoms with van der Waals surface area (Å²) in [7, 11) is 0. The maximum atomic E-state index is 5.74. The van der Waals surface area contributed by atoms with Gasteiger partial charge in [0.2, 0.25) is 0 Å². The maximum absolute atomic E-state index is 5.74. The molecule has 0 atom stereocenters. The first-order chi connectivity index (χ1) is 8.40. The highest BCUT2D eigenvalue weighted by molar-refractivity contribution is 5.54. The van der Waals surface area contributed by atoms with Crippen LogP contribution in [-0.2, 0) is 11.3 Å². The van der Waals surface area contributed by atoms with Crippen LogP contribution in [0.25, 0.3) is 5.52 Å². The average Bonchev–Trinajstić information content (AvgIpc) is 2.83. The molecule has 0 saturated carbocycles. The highest BCUT2D eigenvalue weighted by Gasteiger charge is 2.20. The third kappa shape index (κ3) is 1.83. The van der Waals surface area contributed by atoms with Gasteiger partial charge >= 0.3 is 0 Å². The highest BCUT2D eigenvalue weighted by Crippen LogP contribution is 2.27. The second-order valence-electron chi connectivity index (χ2n) is 4.50. The van der Waals surface area contributed by atoms with Crippen molar-refractivity contribution in [3.8, 4) is 0 Å². The lowest BCUT2D eigenvalue weighted by Gasteiger charge is -2.21. The number of ether oxygens (including phenoxy) is 1. The van der Waals surface area contributed by atoms with E-state index in [1.807, 2.05) is 12.3 Å². The molecule has 1 fully saturated rings. The normalized spacial score (nSPS) is 17.7. The molecule has 0 radical (unpaired) electrons. The zero-order valence-corrected chi connectivity index (χ0v) is 9.80. The summed E-state index contributed by atoms with van der Waals surface area (Å²) >= 11 is 0. The first kappa shape index (κ1) is 10.7. The van der Waals surface area contributed by atoms with Crippen LogP contribution in [0.4, 0.5) is 0 Å². The van der Waals surface area contributed by atoms with Crippen LogP contribution in [0.3, 0.4) is 0 Å². The Bertz CT molecular complexity index is 514. The van der Waals surface area contributed by atoms with Gasteiger partial charge in [0.05, 0.1) is 11.7 Å². The van der Waals surface area contributed by atoms with Crippen molar-refractivity contribution in [2.75, 3.05) is 13.2 Å². The molecule has 0 bridgehead atoms. The Hall–Kier alpha value is -1.39. The number of nitrogens with two attached hydrogens (primary N) is 1. The van der Waals surface area contributed by atoms with Gasteiger partial charge in [0.1, 0.15) is 5.82 Å². The van der Waals surface area contributed by atoms with Crippen LogP contribution in [0, 0.1) is 0 Å². The average molecular weight is 231 g/mol. The van der Waals surface area contributed by atoms with Gasteiger partial charge < -0.3 is 14.9 Å². The minimum Gasteiger partial charge on any atom is -0.381 e. The highest BCUT2D eigenvalue weighted by atomic mass is 16.5. The molecule has 2 aromatic heterocycles. The molecule has 17 heavy (non-hydrogen) atoms. The predicted molar refractivity (Wildman–Crippen MR) is 65.9 cm³/mol. The Labute approximate surface area is 100 Å². The molecule has 4 heteroatoms. The second kappa shape index (κ2) is 4.47. The van der Waals surface area contributed by atoms with E-state index in [2.05, 4.69) is 21.6 Å². The van der Waals surface area contributed by atoms with Crippen molar-refractivity contribution in [3.63, 3.8) is 0 Å². The molecule has 3 rings (SSSR count). The number of nitrogens with zero attached hydrogens (tertiary/aromatic N) is 2. The Kier molecular flexibility index (Phi) is 2.82. The number of hydrogen-bond donors (Lipinski definition) is 1. The van der Waals surface area contributed by atoms with Gasteiger partial charge in [0.25, 0.3) is 0 Å². The molecule has 2 N–H and O–H groups in total. The van der Waals surface area contributed by atoms with E-state index < -0.39 is 0 Å². The van der Waals surface area contributed by atoms with Gasteiger partial charge in [-0.1, -0.05) is 6.07 Å². The van der Waals surface area contributed by atoms with Crippen LogP contribution >= 0.6 is 0 Å². The van der Waals surface area contributed by atoms with Crippen LogP contribution < -0.4 is 5.73 Å². The summed E-state index contributed by atoms with van der Waals surface area (Å²) in [5.74, 6) is 1.66. The van der Waals surface area contributed by atoms with Gasteiger partial charge in [0, 0.05) is 31.9 Å². The molecule has 0 aliphatic carbocycles. The molecule has 2 aromatic rings. The molecule has 1 aliphatic rings. The lowest BCUT2D eigenvalue weighted by molar-refractivity contribution is 0.0835. The molecule has 1 aliphatic heterocycles. The van der Waals surface area contributed by atoms with Gasteiger partial charge in [-0.25, -0.2) is 4.98 Å². The van der Waals surface area contributed by atoms with E-state index >= 15 is 0 Å². The maximum Gasteiger partial charge on any atom is 0.116 e. The first-order valence-electron chi connectivity index (χ1n) is 6.13. The summed E-state index contributed by atoms with van der Waals surface area (Å²) in [5, 5.41) is 0. The van der Waals surface area contributed by atoms with Crippen molar-refractivity contribution >= 4 is 5.52 Å². The van der Waals surface area contributed by atoms with Crippen molar-refractivity contribution in [2.24, 2.45) is 5.73 Å². The van der Waals surface area contributed by atoms with Gasteiger partial charge in [-0.3, -0.25) is 0 Å². The quantitative estimate of drug-likeness (QED) is 0.855. The van der Waals surface area contributed by atoms with Crippen molar-refractivity contribution in [1.82, 2.24) is 9.38 Å². The second-order valence-corrected chi connectivity index (χ2v) is 4.50. The molecule has 3 heterocycles. The molecule has 90 valence electrons. The van der Waals surface area contributed by atoms with Crippen molar-refractivity contribution in [1.29, 1.82) is 0 Å².